The van der Waals surface area contributed by atoms with Gasteiger partial charge in [0.15, 0.2) is 0 Å². The summed E-state index contributed by atoms with van der Waals surface area (Å²) in [4.78, 5) is 18.3. The average molecular weight is 317 g/mol. The summed E-state index contributed by atoms with van der Waals surface area (Å²) in [6.07, 6.45) is 5.82. The van der Waals surface area contributed by atoms with Gasteiger partial charge in [-0.15, -0.1) is 0 Å². The second kappa shape index (κ2) is 5.68. The highest BCUT2D eigenvalue weighted by Gasteiger charge is 2.22. The van der Waals surface area contributed by atoms with E-state index in [1.807, 2.05) is 0 Å². The van der Waals surface area contributed by atoms with E-state index in [4.69, 9.17) is 4.42 Å². The number of oxazole rings is 1. The number of benzene rings is 1. The van der Waals surface area contributed by atoms with Crippen LogP contribution in [0.15, 0.2) is 47.4 Å². The molecule has 3 aromatic rings. The summed E-state index contributed by atoms with van der Waals surface area (Å²) in [5.74, 6) is -1.71. The molecule has 1 aromatic carbocycles. The summed E-state index contributed by atoms with van der Waals surface area (Å²) in [5.41, 5.74) is 0.291. The Hall–Kier alpha value is -2.96. The van der Waals surface area contributed by atoms with Crippen molar-refractivity contribution in [3.8, 4) is 11.3 Å². The molecule has 0 aliphatic rings. The van der Waals surface area contributed by atoms with Crippen LogP contribution in [0.3, 0.4) is 0 Å². The van der Waals surface area contributed by atoms with E-state index >= 15 is 0 Å². The monoisotopic (exact) mass is 317 g/mol. The van der Waals surface area contributed by atoms with Crippen LogP contribution >= 0.6 is 0 Å². The van der Waals surface area contributed by atoms with Gasteiger partial charge in [0.1, 0.15) is 29.3 Å². The third-order valence-electron chi connectivity index (χ3n) is 3.21. The van der Waals surface area contributed by atoms with Crippen LogP contribution in [0.25, 0.3) is 17.1 Å². The number of ketones is 1. The molecule has 0 aliphatic heterocycles. The maximum Gasteiger partial charge on any atom is 0.306 e. The number of allylic oxidation sites excluding steroid dienone is 1. The molecule has 23 heavy (non-hydrogen) atoms. The lowest BCUT2D eigenvalue weighted by Crippen LogP contribution is -2.06. The second-order valence-electron chi connectivity index (χ2n) is 5.13. The zero-order valence-electron chi connectivity index (χ0n) is 12.5. The minimum atomic E-state index is -0.795. The van der Waals surface area contributed by atoms with E-state index in [1.54, 1.807) is 25.2 Å². The number of aromatic nitrogens is 2. The lowest BCUT2D eigenvalue weighted by Gasteiger charge is -2.05. The fourth-order valence-electron chi connectivity index (χ4n) is 2.19. The Kier molecular flexibility index (Phi) is 3.69. The summed E-state index contributed by atoms with van der Waals surface area (Å²) in [6.45, 7) is 0. The lowest BCUT2D eigenvalue weighted by atomic mass is 10.1. The molecule has 7 heteroatoms. The van der Waals surface area contributed by atoms with Gasteiger partial charge in [-0.25, -0.2) is 8.78 Å². The molecule has 0 saturated carbocycles. The van der Waals surface area contributed by atoms with Crippen LogP contribution in [0, 0.1) is 11.6 Å². The van der Waals surface area contributed by atoms with Gasteiger partial charge in [0.2, 0.25) is 5.78 Å². The number of rotatable bonds is 4. The third-order valence-corrected chi connectivity index (χ3v) is 3.21. The van der Waals surface area contributed by atoms with Crippen molar-refractivity contribution >= 4 is 11.6 Å². The number of hydrogen-bond acceptors (Lipinski definition) is 4. The summed E-state index contributed by atoms with van der Waals surface area (Å²) < 4.78 is 33.8. The van der Waals surface area contributed by atoms with Gasteiger partial charge in [0.05, 0.1) is 0 Å². The van der Waals surface area contributed by atoms with Gasteiger partial charge in [0, 0.05) is 44.2 Å². The minimum Gasteiger partial charge on any atom is -0.432 e. The van der Waals surface area contributed by atoms with Gasteiger partial charge >= 0.3 is 5.84 Å². The number of hydrogen-bond donors (Lipinski definition) is 0. The summed E-state index contributed by atoms with van der Waals surface area (Å²) in [5, 5.41) is 0. The SMILES string of the molecule is CN(C)C=CC(=O)c1c(-c2ccc(F)cc2F)nc2occn12. The maximum atomic E-state index is 14.1. The standard InChI is InChI=1S/C16H13F2N3O2/c1-20(2)6-5-13(22)15-14(19-16-21(15)7-8-23-16)11-4-3-10(17)9-12(11)18/h3-9H,1-2H3. The van der Waals surface area contributed by atoms with Crippen LogP contribution in [-0.2, 0) is 0 Å². The number of fused-ring (bicyclic) bond motifs is 1. The molecule has 0 N–H and O–H groups in total. The first-order valence-electron chi connectivity index (χ1n) is 6.77. The highest BCUT2D eigenvalue weighted by molar-refractivity contribution is 6.07. The predicted octanol–water partition coefficient (Wildman–Crippen LogP) is 3.13. The molecule has 0 radical (unpaired) electrons. The van der Waals surface area contributed by atoms with Crippen LogP contribution < -0.4 is 0 Å². The maximum absolute atomic E-state index is 14.1. The van der Waals surface area contributed by atoms with Crippen molar-refractivity contribution in [2.75, 3.05) is 14.1 Å². The normalized spacial score (nSPS) is 11.5. The molecule has 2 heterocycles. The minimum absolute atomic E-state index is 0.0342. The molecule has 0 bridgehead atoms. The van der Waals surface area contributed by atoms with Crippen molar-refractivity contribution in [3.63, 3.8) is 0 Å². The van der Waals surface area contributed by atoms with Crippen molar-refractivity contribution in [1.82, 2.24) is 14.3 Å². The molecule has 0 aliphatic carbocycles. The smallest absolute Gasteiger partial charge is 0.306 e. The molecule has 2 aromatic heterocycles. The first-order valence-corrected chi connectivity index (χ1v) is 6.77. The molecule has 0 saturated heterocycles. The van der Waals surface area contributed by atoms with Crippen LogP contribution in [-0.4, -0.2) is 34.2 Å². The zero-order valence-corrected chi connectivity index (χ0v) is 12.5. The van der Waals surface area contributed by atoms with Gasteiger partial charge in [-0.1, -0.05) is 0 Å². The van der Waals surface area contributed by atoms with E-state index in [-0.39, 0.29) is 28.6 Å². The summed E-state index contributed by atoms with van der Waals surface area (Å²) in [6, 6.07) is 3.11. The van der Waals surface area contributed by atoms with Gasteiger partial charge in [-0.2, -0.15) is 4.98 Å². The Balaban J connectivity index is 2.19. The Labute approximate surface area is 130 Å². The van der Waals surface area contributed by atoms with Crippen LogP contribution in [0.5, 0.6) is 0 Å². The first kappa shape index (κ1) is 15.0. The average Bonchev–Trinajstić information content (AvgIpc) is 3.05. The Morgan fingerprint density at radius 2 is 2.13 bits per heavy atom. The molecule has 0 atom stereocenters. The number of halogens is 2. The molecular formula is C16H13F2N3O2. The van der Waals surface area contributed by atoms with E-state index in [0.29, 0.717) is 0 Å². The van der Waals surface area contributed by atoms with E-state index in [0.717, 1.165) is 12.1 Å². The largest absolute Gasteiger partial charge is 0.432 e. The van der Waals surface area contributed by atoms with E-state index in [1.165, 1.54) is 29.0 Å². The Bertz CT molecular complexity index is 909. The molecule has 0 fully saturated rings. The third kappa shape index (κ3) is 2.73. The van der Waals surface area contributed by atoms with Gasteiger partial charge in [-0.3, -0.25) is 9.20 Å². The zero-order chi connectivity index (χ0) is 16.6. The molecule has 0 amide bonds. The van der Waals surface area contributed by atoms with Crippen LogP contribution in [0.2, 0.25) is 0 Å². The number of carbonyl (C=O) groups excluding carboxylic acids is 1. The predicted molar refractivity (Wildman–Crippen MR) is 80.0 cm³/mol. The Morgan fingerprint density at radius 1 is 1.35 bits per heavy atom. The van der Waals surface area contributed by atoms with Crippen molar-refractivity contribution in [1.29, 1.82) is 0 Å². The topological polar surface area (TPSA) is 50.8 Å². The molecule has 0 unspecified atom stereocenters. The van der Waals surface area contributed by atoms with E-state index < -0.39 is 11.6 Å². The Morgan fingerprint density at radius 3 is 2.83 bits per heavy atom. The summed E-state index contributed by atoms with van der Waals surface area (Å²) in [7, 11) is 3.54. The summed E-state index contributed by atoms with van der Waals surface area (Å²) >= 11 is 0. The molecule has 3 rings (SSSR count). The quantitative estimate of drug-likeness (QED) is 0.548. The van der Waals surface area contributed by atoms with Gasteiger partial charge < -0.3 is 9.32 Å². The first-order chi connectivity index (χ1) is 11.0. The van der Waals surface area contributed by atoms with Crippen molar-refractivity contribution in [2.24, 2.45) is 0 Å². The lowest BCUT2D eigenvalue weighted by molar-refractivity contribution is 0.104. The number of imidazole rings is 1. The molecule has 5 nitrogen and oxygen atoms in total. The second-order valence-corrected chi connectivity index (χ2v) is 5.13. The van der Waals surface area contributed by atoms with Gasteiger partial charge in [0.25, 0.3) is 0 Å². The van der Waals surface area contributed by atoms with Crippen molar-refractivity contribution in [3.05, 3.63) is 60.3 Å². The molecule has 118 valence electrons. The number of nitrogens with zero attached hydrogens (tertiary/aromatic N) is 3. The molecular weight excluding hydrogens is 304 g/mol. The van der Waals surface area contributed by atoms with Gasteiger partial charge in [-0.05, 0) is 12.1 Å². The van der Waals surface area contributed by atoms with Crippen molar-refractivity contribution in [2.45, 2.75) is 0 Å². The van der Waals surface area contributed by atoms with E-state index in [9.17, 15) is 13.6 Å². The van der Waals surface area contributed by atoms with Crippen LogP contribution in [0.1, 0.15) is 10.5 Å². The fraction of sp³-hybridized carbons (Fsp3) is 0.125. The van der Waals surface area contributed by atoms with Crippen molar-refractivity contribution < 1.29 is 18.0 Å². The highest BCUT2D eigenvalue weighted by atomic mass is 19.1. The fourth-order valence-corrected chi connectivity index (χ4v) is 2.19. The van der Waals surface area contributed by atoms with E-state index in [2.05, 4.69) is 4.98 Å². The highest BCUT2D eigenvalue weighted by Crippen LogP contribution is 2.28. The van der Waals surface area contributed by atoms with Crippen LogP contribution in [0.4, 0.5) is 8.78 Å². The molecule has 0 spiro atoms. The number of carbonyl (C=O) groups is 1.